The van der Waals surface area contributed by atoms with E-state index in [1.165, 1.54) is 173 Å². The van der Waals surface area contributed by atoms with Crippen molar-refractivity contribution in [2.24, 2.45) is 11.8 Å². The van der Waals surface area contributed by atoms with Gasteiger partial charge in [0.2, 0.25) is 0 Å². The number of hydrogen-bond acceptors (Lipinski definition) is 15. The smallest absolute Gasteiger partial charge is 0.462 e. The molecule has 0 aromatic heterocycles. The maximum atomic E-state index is 13.0. The van der Waals surface area contributed by atoms with Gasteiger partial charge in [0.15, 0.2) is 12.2 Å². The first-order valence-electron chi connectivity index (χ1n) is 37.0. The Bertz CT molecular complexity index is 1750. The number of hydrogen-bond donors (Lipinski definition) is 3. The number of unbranched alkanes of at least 4 members (excludes halogenated alkanes) is 39. The SMILES string of the molecule is CCCCCCCCCCCCCCCCCCCC(=O)O[C@H](COC(=O)CCCCCCCCCCCCC(C)C)COP(=O)(O)OC[C@@H](O)COP(=O)(O)OC[C@@H](COC(=O)CCCCCCCCCC)OC(=O)CCCCCCCCCCC(C)CC. The molecule has 0 aliphatic rings. The Labute approximate surface area is 549 Å². The second-order valence-corrected chi connectivity index (χ2v) is 29.3. The monoisotopic (exact) mass is 1320 g/mol. The average Bonchev–Trinajstić information content (AvgIpc) is 3.73. The van der Waals surface area contributed by atoms with E-state index in [1.807, 2.05) is 0 Å². The van der Waals surface area contributed by atoms with E-state index in [2.05, 4.69) is 41.5 Å². The first kappa shape index (κ1) is 88.1. The lowest BCUT2D eigenvalue weighted by molar-refractivity contribution is -0.161. The highest BCUT2D eigenvalue weighted by molar-refractivity contribution is 7.47. The molecule has 17 nitrogen and oxygen atoms in total. The van der Waals surface area contributed by atoms with E-state index in [1.54, 1.807) is 0 Å². The minimum atomic E-state index is -4.95. The van der Waals surface area contributed by atoms with Crippen LogP contribution >= 0.6 is 15.6 Å². The number of phosphoric ester groups is 2. The fourth-order valence-corrected chi connectivity index (χ4v) is 12.3. The Morgan fingerprint density at radius 2 is 0.567 bits per heavy atom. The highest BCUT2D eigenvalue weighted by atomic mass is 31.2. The third-order valence-electron chi connectivity index (χ3n) is 16.8. The highest BCUT2D eigenvalue weighted by Gasteiger charge is 2.30. The van der Waals surface area contributed by atoms with Crippen molar-refractivity contribution in [3.63, 3.8) is 0 Å². The van der Waals surface area contributed by atoms with Crippen LogP contribution in [0.15, 0.2) is 0 Å². The van der Waals surface area contributed by atoms with Gasteiger partial charge in [0.05, 0.1) is 26.4 Å². The van der Waals surface area contributed by atoms with Crippen LogP contribution in [0.2, 0.25) is 0 Å². The predicted molar refractivity (Wildman–Crippen MR) is 363 cm³/mol. The van der Waals surface area contributed by atoms with Crippen molar-refractivity contribution < 1.29 is 80.2 Å². The second kappa shape index (κ2) is 63.1. The quantitative estimate of drug-likeness (QED) is 0.0222. The van der Waals surface area contributed by atoms with Gasteiger partial charge in [0, 0.05) is 25.7 Å². The number of phosphoric acid groups is 2. The molecule has 534 valence electrons. The zero-order valence-corrected chi connectivity index (χ0v) is 60.2. The van der Waals surface area contributed by atoms with Crippen molar-refractivity contribution in [1.29, 1.82) is 0 Å². The number of rotatable bonds is 70. The van der Waals surface area contributed by atoms with Gasteiger partial charge < -0.3 is 33.8 Å². The minimum Gasteiger partial charge on any atom is -0.462 e. The van der Waals surface area contributed by atoms with Crippen LogP contribution in [0, 0.1) is 11.8 Å². The first-order chi connectivity index (χ1) is 43.4. The van der Waals surface area contributed by atoms with Crippen molar-refractivity contribution in [3.05, 3.63) is 0 Å². The predicted octanol–water partition coefficient (Wildman–Crippen LogP) is 20.4. The van der Waals surface area contributed by atoms with E-state index in [0.717, 1.165) is 108 Å². The van der Waals surface area contributed by atoms with Crippen molar-refractivity contribution in [3.8, 4) is 0 Å². The molecular formula is C71H138O17P2. The van der Waals surface area contributed by atoms with E-state index >= 15 is 0 Å². The molecule has 0 aromatic carbocycles. The molecule has 0 saturated carbocycles. The summed E-state index contributed by atoms with van der Waals surface area (Å²) in [5, 5.41) is 10.6. The average molecular weight is 1330 g/mol. The molecule has 19 heteroatoms. The zero-order valence-electron chi connectivity index (χ0n) is 58.4. The third kappa shape index (κ3) is 63.5. The molecule has 0 heterocycles. The number of carbonyl (C=O) groups is 4. The van der Waals surface area contributed by atoms with Crippen LogP contribution in [0.25, 0.3) is 0 Å². The standard InChI is InChI=1S/C71H138O17P2/c1-7-10-12-14-16-18-19-20-21-22-23-24-25-30-37-43-49-55-70(75)87-67(60-82-69(74)54-48-42-36-29-27-26-28-33-39-45-51-63(4)5)62-86-90(79,80)84-58-65(72)57-83-89(77,78)85-61-66(59-81-68(73)53-47-41-35-17-15-13-11-8-2)88-71(76)56-50-44-38-32-31-34-40-46-52-64(6)9-3/h63-67,72H,7-62H2,1-6H3,(H,77,78)(H,79,80)/t64?,65-,66+,67+/m0/s1. The lowest BCUT2D eigenvalue weighted by Crippen LogP contribution is -2.30. The Morgan fingerprint density at radius 3 is 0.844 bits per heavy atom. The summed E-state index contributed by atoms with van der Waals surface area (Å²) in [6.07, 6.45) is 48.6. The molecule has 3 N–H and O–H groups in total. The maximum Gasteiger partial charge on any atom is 0.472 e. The van der Waals surface area contributed by atoms with Gasteiger partial charge in [-0.3, -0.25) is 37.3 Å². The summed E-state index contributed by atoms with van der Waals surface area (Å²) in [4.78, 5) is 72.5. The zero-order chi connectivity index (χ0) is 66.5. The molecule has 0 aliphatic heterocycles. The summed E-state index contributed by atoms with van der Waals surface area (Å²) in [6, 6.07) is 0. The lowest BCUT2D eigenvalue weighted by Gasteiger charge is -2.21. The molecule has 0 spiro atoms. The molecule has 0 saturated heterocycles. The van der Waals surface area contributed by atoms with Crippen LogP contribution < -0.4 is 0 Å². The van der Waals surface area contributed by atoms with Crippen LogP contribution in [0.3, 0.4) is 0 Å². The normalized spacial score (nSPS) is 14.4. The number of ether oxygens (including phenoxy) is 4. The van der Waals surface area contributed by atoms with Gasteiger partial charge in [0.1, 0.15) is 19.3 Å². The summed E-state index contributed by atoms with van der Waals surface area (Å²) in [5.41, 5.74) is 0. The van der Waals surface area contributed by atoms with Crippen LogP contribution in [0.4, 0.5) is 0 Å². The van der Waals surface area contributed by atoms with E-state index in [4.69, 9.17) is 37.0 Å². The van der Waals surface area contributed by atoms with Gasteiger partial charge >= 0.3 is 39.5 Å². The van der Waals surface area contributed by atoms with Gasteiger partial charge in [-0.1, -0.05) is 311 Å². The second-order valence-electron chi connectivity index (χ2n) is 26.3. The summed E-state index contributed by atoms with van der Waals surface area (Å²) in [7, 11) is -9.90. The minimum absolute atomic E-state index is 0.105. The van der Waals surface area contributed by atoms with Crippen LogP contribution in [-0.2, 0) is 65.4 Å². The van der Waals surface area contributed by atoms with Crippen molar-refractivity contribution in [2.75, 3.05) is 39.6 Å². The van der Waals surface area contributed by atoms with E-state index < -0.39 is 97.5 Å². The number of esters is 4. The van der Waals surface area contributed by atoms with Gasteiger partial charge in [0.25, 0.3) is 0 Å². The number of carbonyl (C=O) groups excluding carboxylic acids is 4. The number of aliphatic hydroxyl groups is 1. The third-order valence-corrected chi connectivity index (χ3v) is 18.7. The molecule has 0 rings (SSSR count). The van der Waals surface area contributed by atoms with Crippen molar-refractivity contribution in [1.82, 2.24) is 0 Å². The van der Waals surface area contributed by atoms with Gasteiger partial charge in [-0.25, -0.2) is 9.13 Å². The molecule has 0 fully saturated rings. The Morgan fingerprint density at radius 1 is 0.322 bits per heavy atom. The van der Waals surface area contributed by atoms with Crippen LogP contribution in [0.5, 0.6) is 0 Å². The first-order valence-corrected chi connectivity index (χ1v) is 40.0. The van der Waals surface area contributed by atoms with Gasteiger partial charge in [-0.05, 0) is 37.5 Å². The Balaban J connectivity index is 5.22. The van der Waals surface area contributed by atoms with E-state index in [-0.39, 0.29) is 25.7 Å². The topological polar surface area (TPSA) is 237 Å². The molecule has 6 atom stereocenters. The lowest BCUT2D eigenvalue weighted by atomic mass is 9.99. The summed E-state index contributed by atoms with van der Waals surface area (Å²) in [6.45, 7) is 9.52. The summed E-state index contributed by atoms with van der Waals surface area (Å²) < 4.78 is 68.3. The largest absolute Gasteiger partial charge is 0.472 e. The Kier molecular flexibility index (Phi) is 61.8. The summed E-state index contributed by atoms with van der Waals surface area (Å²) in [5.74, 6) is -0.597. The van der Waals surface area contributed by atoms with Crippen LogP contribution in [-0.4, -0.2) is 96.7 Å². The molecule has 0 amide bonds. The van der Waals surface area contributed by atoms with Crippen LogP contribution in [0.1, 0.15) is 363 Å². The molecule has 90 heavy (non-hydrogen) atoms. The fraction of sp³-hybridized carbons (Fsp3) is 0.944. The highest BCUT2D eigenvalue weighted by Crippen LogP contribution is 2.45. The fourth-order valence-electron chi connectivity index (χ4n) is 10.7. The molecule has 0 aromatic rings. The molecule has 0 radical (unpaired) electrons. The van der Waals surface area contributed by atoms with Gasteiger partial charge in [-0.2, -0.15) is 0 Å². The molecule has 3 unspecified atom stereocenters. The molecule has 0 aliphatic carbocycles. The van der Waals surface area contributed by atoms with E-state index in [9.17, 15) is 43.2 Å². The molecular weight excluding hydrogens is 1190 g/mol. The van der Waals surface area contributed by atoms with Gasteiger partial charge in [-0.15, -0.1) is 0 Å². The van der Waals surface area contributed by atoms with E-state index in [0.29, 0.717) is 25.7 Å². The number of aliphatic hydroxyl groups excluding tert-OH is 1. The maximum absolute atomic E-state index is 13.0. The van der Waals surface area contributed by atoms with Crippen molar-refractivity contribution >= 4 is 39.5 Å². The molecule has 0 bridgehead atoms. The van der Waals surface area contributed by atoms with Crippen molar-refractivity contribution in [2.45, 2.75) is 381 Å². The summed E-state index contributed by atoms with van der Waals surface area (Å²) >= 11 is 0. The Hall–Kier alpha value is -1.94.